The van der Waals surface area contributed by atoms with Gasteiger partial charge in [-0.1, -0.05) is 5.16 Å². The van der Waals surface area contributed by atoms with Crippen molar-refractivity contribution < 1.29 is 23.6 Å². The van der Waals surface area contributed by atoms with E-state index in [1.165, 1.54) is 31.4 Å². The number of rotatable bonds is 4. The maximum atomic E-state index is 11.9. The van der Waals surface area contributed by atoms with Crippen LogP contribution < -0.4 is 0 Å². The molecule has 21 heavy (non-hydrogen) atoms. The number of aromatic nitrogens is 1. The Kier molecular flexibility index (Phi) is 4.37. The van der Waals surface area contributed by atoms with Gasteiger partial charge in [-0.25, -0.2) is 9.59 Å². The van der Waals surface area contributed by atoms with Gasteiger partial charge >= 0.3 is 11.9 Å². The monoisotopic (exact) mass is 289 g/mol. The molecule has 0 fully saturated rings. The van der Waals surface area contributed by atoms with Crippen molar-refractivity contribution in [2.24, 2.45) is 0 Å². The zero-order valence-electron chi connectivity index (χ0n) is 12.0. The molecular formula is C15H15NO5. The highest BCUT2D eigenvalue weighted by atomic mass is 16.5. The van der Waals surface area contributed by atoms with Crippen LogP contribution in [0.2, 0.25) is 0 Å². The van der Waals surface area contributed by atoms with E-state index < -0.39 is 11.9 Å². The Balaban J connectivity index is 2.02. The van der Waals surface area contributed by atoms with Gasteiger partial charge in [0.25, 0.3) is 0 Å². The lowest BCUT2D eigenvalue weighted by molar-refractivity contribution is 0.0469. The molecule has 110 valence electrons. The van der Waals surface area contributed by atoms with E-state index in [9.17, 15) is 9.59 Å². The Morgan fingerprint density at radius 2 is 1.67 bits per heavy atom. The summed E-state index contributed by atoms with van der Waals surface area (Å²) >= 11 is 0. The van der Waals surface area contributed by atoms with E-state index in [4.69, 9.17) is 9.26 Å². The largest absolute Gasteiger partial charge is 0.465 e. The molecule has 0 radical (unpaired) electrons. The smallest absolute Gasteiger partial charge is 0.338 e. The fourth-order valence-electron chi connectivity index (χ4n) is 1.79. The molecule has 0 spiro atoms. The predicted octanol–water partition coefficient (Wildman–Crippen LogP) is 2.44. The van der Waals surface area contributed by atoms with Crippen molar-refractivity contribution in [1.29, 1.82) is 0 Å². The van der Waals surface area contributed by atoms with Gasteiger partial charge in [0.15, 0.2) is 0 Å². The first kappa shape index (κ1) is 14.8. The highest BCUT2D eigenvalue weighted by Gasteiger charge is 2.14. The van der Waals surface area contributed by atoms with Crippen molar-refractivity contribution in [2.45, 2.75) is 20.5 Å². The molecule has 0 saturated heterocycles. The Hall–Kier alpha value is -2.63. The number of benzene rings is 1. The summed E-state index contributed by atoms with van der Waals surface area (Å²) in [5.41, 5.74) is 2.19. The van der Waals surface area contributed by atoms with Gasteiger partial charge in [0.2, 0.25) is 0 Å². The zero-order chi connectivity index (χ0) is 15.4. The highest BCUT2D eigenvalue weighted by molar-refractivity contribution is 5.93. The van der Waals surface area contributed by atoms with Gasteiger partial charge in [0, 0.05) is 0 Å². The quantitative estimate of drug-likeness (QED) is 0.804. The normalized spacial score (nSPS) is 10.2. The molecule has 2 rings (SSSR count). The number of methoxy groups -OCH3 is 1. The van der Waals surface area contributed by atoms with E-state index in [2.05, 4.69) is 9.89 Å². The number of carbonyl (C=O) groups excluding carboxylic acids is 2. The van der Waals surface area contributed by atoms with Crippen molar-refractivity contribution in [2.75, 3.05) is 7.11 Å². The Labute approximate surface area is 121 Å². The average molecular weight is 289 g/mol. The summed E-state index contributed by atoms with van der Waals surface area (Å²) in [4.78, 5) is 23.2. The summed E-state index contributed by atoms with van der Waals surface area (Å²) in [6.07, 6.45) is 0. The summed E-state index contributed by atoms with van der Waals surface area (Å²) in [5, 5.41) is 3.79. The van der Waals surface area contributed by atoms with Crippen LogP contribution in [0.1, 0.15) is 37.7 Å². The summed E-state index contributed by atoms with van der Waals surface area (Å²) in [7, 11) is 1.30. The highest BCUT2D eigenvalue weighted by Crippen LogP contribution is 2.15. The second-order valence-corrected chi connectivity index (χ2v) is 4.45. The van der Waals surface area contributed by atoms with E-state index in [0.29, 0.717) is 22.6 Å². The first-order valence-corrected chi connectivity index (χ1v) is 6.30. The minimum Gasteiger partial charge on any atom is -0.465 e. The first-order chi connectivity index (χ1) is 10.0. The fraction of sp³-hybridized carbons (Fsp3) is 0.267. The Bertz CT molecular complexity index is 638. The average Bonchev–Trinajstić information content (AvgIpc) is 2.83. The van der Waals surface area contributed by atoms with E-state index in [1.807, 2.05) is 0 Å². The molecule has 0 saturated carbocycles. The van der Waals surface area contributed by atoms with E-state index >= 15 is 0 Å². The van der Waals surface area contributed by atoms with Crippen molar-refractivity contribution in [3.05, 3.63) is 52.4 Å². The molecule has 0 unspecified atom stereocenters. The lowest BCUT2D eigenvalue weighted by Gasteiger charge is -2.05. The van der Waals surface area contributed by atoms with Gasteiger partial charge < -0.3 is 14.0 Å². The van der Waals surface area contributed by atoms with Crippen LogP contribution in [0, 0.1) is 13.8 Å². The van der Waals surface area contributed by atoms with Crippen LogP contribution in [-0.2, 0) is 16.1 Å². The molecule has 2 aromatic rings. The molecule has 0 N–H and O–H groups in total. The molecule has 6 nitrogen and oxygen atoms in total. The van der Waals surface area contributed by atoms with Gasteiger partial charge in [-0.3, -0.25) is 0 Å². The standard InChI is InChI=1S/C15H15NO5/c1-9-13(10(2)21-16-9)8-20-15(18)12-6-4-11(5-7-12)14(17)19-3/h4-7H,8H2,1-3H3. The number of aryl methyl sites for hydroxylation is 2. The lowest BCUT2D eigenvalue weighted by atomic mass is 10.1. The van der Waals surface area contributed by atoms with Crippen molar-refractivity contribution in [1.82, 2.24) is 5.16 Å². The third-order valence-electron chi connectivity index (χ3n) is 3.07. The second kappa shape index (κ2) is 6.21. The van der Waals surface area contributed by atoms with Crippen LogP contribution >= 0.6 is 0 Å². The van der Waals surface area contributed by atoms with Gasteiger partial charge in [-0.05, 0) is 38.1 Å². The third kappa shape index (κ3) is 3.28. The second-order valence-electron chi connectivity index (χ2n) is 4.45. The maximum Gasteiger partial charge on any atom is 0.338 e. The van der Waals surface area contributed by atoms with Crippen LogP contribution in [0.4, 0.5) is 0 Å². The van der Waals surface area contributed by atoms with E-state index in [1.54, 1.807) is 13.8 Å². The van der Waals surface area contributed by atoms with Gasteiger partial charge in [-0.2, -0.15) is 0 Å². The van der Waals surface area contributed by atoms with Crippen molar-refractivity contribution in [3.63, 3.8) is 0 Å². The number of ether oxygens (including phenoxy) is 2. The summed E-state index contributed by atoms with van der Waals surface area (Å²) in [6.45, 7) is 3.64. The molecule has 0 aliphatic heterocycles. The molecule has 1 heterocycles. The molecule has 0 aliphatic rings. The number of esters is 2. The zero-order valence-corrected chi connectivity index (χ0v) is 12.0. The molecule has 0 aliphatic carbocycles. The molecule has 1 aromatic heterocycles. The summed E-state index contributed by atoms with van der Waals surface area (Å²) < 4.78 is 14.8. The minimum atomic E-state index is -0.480. The molecular weight excluding hydrogens is 274 g/mol. The summed E-state index contributed by atoms with van der Waals surface area (Å²) in [6, 6.07) is 6.06. The van der Waals surface area contributed by atoms with Crippen LogP contribution in [-0.4, -0.2) is 24.2 Å². The van der Waals surface area contributed by atoms with Gasteiger partial charge in [0.05, 0.1) is 29.5 Å². The maximum absolute atomic E-state index is 11.9. The number of carbonyl (C=O) groups is 2. The Morgan fingerprint density at radius 1 is 1.10 bits per heavy atom. The fourth-order valence-corrected chi connectivity index (χ4v) is 1.79. The molecule has 0 amide bonds. The molecule has 6 heteroatoms. The first-order valence-electron chi connectivity index (χ1n) is 6.30. The third-order valence-corrected chi connectivity index (χ3v) is 3.07. The van der Waals surface area contributed by atoms with Crippen LogP contribution in [0.15, 0.2) is 28.8 Å². The topological polar surface area (TPSA) is 78.6 Å². The lowest BCUT2D eigenvalue weighted by Crippen LogP contribution is -2.07. The van der Waals surface area contributed by atoms with Gasteiger partial charge in [0.1, 0.15) is 12.4 Å². The number of nitrogens with zero attached hydrogens (tertiary/aromatic N) is 1. The van der Waals surface area contributed by atoms with Crippen LogP contribution in [0.25, 0.3) is 0 Å². The Morgan fingerprint density at radius 3 is 2.14 bits per heavy atom. The predicted molar refractivity (Wildman–Crippen MR) is 72.9 cm³/mol. The molecule has 1 aromatic carbocycles. The van der Waals surface area contributed by atoms with E-state index in [0.717, 1.165) is 5.56 Å². The van der Waals surface area contributed by atoms with E-state index in [-0.39, 0.29) is 6.61 Å². The molecule has 0 atom stereocenters. The summed E-state index contributed by atoms with van der Waals surface area (Å²) in [5.74, 6) is -0.307. The van der Waals surface area contributed by atoms with Gasteiger partial charge in [-0.15, -0.1) is 0 Å². The number of hydrogen-bond donors (Lipinski definition) is 0. The van der Waals surface area contributed by atoms with Crippen LogP contribution in [0.3, 0.4) is 0 Å². The van der Waals surface area contributed by atoms with Crippen LogP contribution in [0.5, 0.6) is 0 Å². The van der Waals surface area contributed by atoms with Crippen molar-refractivity contribution in [3.8, 4) is 0 Å². The molecule has 0 bridgehead atoms. The number of hydrogen-bond acceptors (Lipinski definition) is 6. The van der Waals surface area contributed by atoms with Crippen molar-refractivity contribution >= 4 is 11.9 Å². The minimum absolute atomic E-state index is 0.0960. The SMILES string of the molecule is COC(=O)c1ccc(C(=O)OCc2c(C)noc2C)cc1.